The summed E-state index contributed by atoms with van der Waals surface area (Å²) < 4.78 is 35.8. The van der Waals surface area contributed by atoms with Gasteiger partial charge in [0.25, 0.3) is 0 Å². The number of nitriles is 1. The van der Waals surface area contributed by atoms with E-state index in [-0.39, 0.29) is 24.0 Å². The lowest BCUT2D eigenvalue weighted by Gasteiger charge is -2.36. The molecule has 0 saturated carbocycles. The van der Waals surface area contributed by atoms with Crippen molar-refractivity contribution in [2.45, 2.75) is 66.7 Å². The summed E-state index contributed by atoms with van der Waals surface area (Å²) in [5.74, 6) is 0.472. The average Bonchev–Trinajstić information content (AvgIpc) is 3.47. The van der Waals surface area contributed by atoms with Crippen LogP contribution in [-0.2, 0) is 16.4 Å². The number of sulfonamides is 1. The van der Waals surface area contributed by atoms with Gasteiger partial charge in [0.2, 0.25) is 10.0 Å². The summed E-state index contributed by atoms with van der Waals surface area (Å²) >= 11 is 6.38. The lowest BCUT2D eigenvalue weighted by Crippen LogP contribution is -2.58. The van der Waals surface area contributed by atoms with E-state index in [2.05, 4.69) is 26.3 Å². The summed E-state index contributed by atoms with van der Waals surface area (Å²) in [6.07, 6.45) is -4.37. The van der Waals surface area contributed by atoms with E-state index >= 15 is 0 Å². The van der Waals surface area contributed by atoms with Crippen LogP contribution in [0.5, 0.6) is 5.75 Å². The summed E-state index contributed by atoms with van der Waals surface area (Å²) in [6.45, 7) is 2.14. The Morgan fingerprint density at radius 1 is 1.04 bits per heavy atom. The van der Waals surface area contributed by atoms with Crippen LogP contribution in [0.2, 0.25) is 5.02 Å². The number of amides is 2. The number of piperidine rings is 1. The van der Waals surface area contributed by atoms with Crippen molar-refractivity contribution >= 4 is 27.7 Å². The van der Waals surface area contributed by atoms with E-state index in [1.165, 1.54) is 17.0 Å². The first kappa shape index (κ1) is 37.2. The number of urea groups is 1. The number of carbonyl (C=O) groups is 1. The number of nitrogens with one attached hydrogen (secondary N) is 3. The molecule has 2 aromatic rings. The van der Waals surface area contributed by atoms with Gasteiger partial charge in [-0.05, 0) is 66.8 Å². The van der Waals surface area contributed by atoms with Gasteiger partial charge in [-0.1, -0.05) is 11.6 Å². The van der Waals surface area contributed by atoms with Gasteiger partial charge in [0.15, 0.2) is 0 Å². The molecule has 3 aliphatic rings. The zero-order valence-corrected chi connectivity index (χ0v) is 28.4. The van der Waals surface area contributed by atoms with Crippen molar-refractivity contribution in [2.24, 2.45) is 0 Å². The van der Waals surface area contributed by atoms with Crippen LogP contribution in [0.25, 0.3) is 0 Å². The van der Waals surface area contributed by atoms with E-state index < -0.39 is 65.8 Å². The first-order valence-corrected chi connectivity index (χ1v) is 18.1. The second kappa shape index (κ2) is 16.3. The quantitative estimate of drug-likeness (QED) is 0.133. The van der Waals surface area contributed by atoms with Crippen molar-refractivity contribution in [3.8, 4) is 11.8 Å². The van der Waals surface area contributed by atoms with Crippen molar-refractivity contribution in [3.05, 3.63) is 58.1 Å². The molecule has 6 atom stereocenters. The second-order valence-corrected chi connectivity index (χ2v) is 14.7. The first-order chi connectivity index (χ1) is 23.4. The highest BCUT2D eigenvalue weighted by molar-refractivity contribution is 7.89. The highest BCUT2D eigenvalue weighted by Crippen LogP contribution is 2.41. The Kier molecular flexibility index (Phi) is 12.4. The van der Waals surface area contributed by atoms with Gasteiger partial charge < -0.3 is 45.8 Å². The molecule has 2 amide bonds. The largest absolute Gasteiger partial charge is 0.484 e. The number of rotatable bonds is 12. The third-order valence-corrected chi connectivity index (χ3v) is 11.2. The lowest BCUT2D eigenvalue weighted by molar-refractivity contribution is -0.0905. The van der Waals surface area contributed by atoms with Gasteiger partial charge in [0.1, 0.15) is 30.2 Å². The number of aliphatic hydroxyl groups is 5. The Hall–Kier alpha value is -3.08. The van der Waals surface area contributed by atoms with Crippen molar-refractivity contribution in [3.63, 3.8) is 0 Å². The first-order valence-electron chi connectivity index (χ1n) is 16.2. The number of fused-ring (bicyclic) bond motifs is 1. The molecule has 5 rings (SSSR count). The minimum absolute atomic E-state index is 0.0222. The summed E-state index contributed by atoms with van der Waals surface area (Å²) in [7, 11) is -3.92. The third-order valence-electron chi connectivity index (χ3n) is 9.41. The molecule has 0 spiro atoms. The van der Waals surface area contributed by atoms with Crippen LogP contribution in [-0.4, -0.2) is 139 Å². The molecule has 0 radical (unpaired) electrons. The second-order valence-electron chi connectivity index (χ2n) is 12.6. The maximum atomic E-state index is 13.3. The van der Waals surface area contributed by atoms with Crippen molar-refractivity contribution in [1.82, 2.24) is 25.2 Å². The Labute approximate surface area is 290 Å². The van der Waals surface area contributed by atoms with Crippen LogP contribution in [0.4, 0.5) is 4.79 Å². The number of aliphatic hydroxyl groups excluding tert-OH is 5. The van der Waals surface area contributed by atoms with Crippen LogP contribution < -0.4 is 20.1 Å². The molecular formula is C32H43ClN6O9S. The zero-order valence-electron chi connectivity index (χ0n) is 26.8. The Balaban J connectivity index is 1.19. The molecular weight excluding hydrogens is 680 g/mol. The maximum Gasteiger partial charge on any atom is 0.317 e. The molecule has 49 heavy (non-hydrogen) atoms. The molecule has 0 bridgehead atoms. The molecule has 2 fully saturated rings. The van der Waals surface area contributed by atoms with Crippen LogP contribution in [0.15, 0.2) is 41.3 Å². The number of ether oxygens (including phenoxy) is 1. The molecule has 15 nitrogen and oxygen atoms in total. The molecule has 17 heteroatoms. The van der Waals surface area contributed by atoms with E-state index in [1.807, 2.05) is 6.07 Å². The predicted octanol–water partition coefficient (Wildman–Crippen LogP) is -0.950. The van der Waals surface area contributed by atoms with Crippen LogP contribution in [0.1, 0.15) is 35.6 Å². The number of nitrogens with zero attached hydrogens (tertiary/aromatic N) is 3. The molecule has 2 aromatic carbocycles. The van der Waals surface area contributed by atoms with E-state index in [0.29, 0.717) is 35.6 Å². The van der Waals surface area contributed by atoms with E-state index in [1.54, 1.807) is 18.2 Å². The number of halogens is 1. The van der Waals surface area contributed by atoms with Crippen molar-refractivity contribution < 1.29 is 43.5 Å². The highest BCUT2D eigenvalue weighted by Gasteiger charge is 2.40. The summed E-state index contributed by atoms with van der Waals surface area (Å²) in [5, 5.41) is 64.3. The molecule has 1 aliphatic carbocycles. The van der Waals surface area contributed by atoms with E-state index in [9.17, 15) is 38.9 Å². The molecule has 4 unspecified atom stereocenters. The smallest absolute Gasteiger partial charge is 0.317 e. The Morgan fingerprint density at radius 3 is 2.33 bits per heavy atom. The number of hydrogen-bond acceptors (Lipinski definition) is 12. The molecule has 0 aromatic heterocycles. The van der Waals surface area contributed by atoms with Gasteiger partial charge in [-0.25, -0.2) is 17.9 Å². The third kappa shape index (κ3) is 8.63. The molecule has 2 heterocycles. The van der Waals surface area contributed by atoms with Gasteiger partial charge >= 0.3 is 6.03 Å². The predicted molar refractivity (Wildman–Crippen MR) is 177 cm³/mol. The molecule has 268 valence electrons. The van der Waals surface area contributed by atoms with Gasteiger partial charge in [-0.15, -0.1) is 0 Å². The fourth-order valence-corrected chi connectivity index (χ4v) is 8.17. The van der Waals surface area contributed by atoms with Gasteiger partial charge in [0.05, 0.1) is 41.8 Å². The summed E-state index contributed by atoms with van der Waals surface area (Å²) in [4.78, 5) is 16.5. The van der Waals surface area contributed by atoms with Gasteiger partial charge in [0, 0.05) is 50.3 Å². The number of carbonyl (C=O) groups excluding carboxylic acids is 1. The zero-order chi connectivity index (χ0) is 35.3. The number of hydrogen-bond donors (Lipinski definition) is 8. The monoisotopic (exact) mass is 722 g/mol. The average molecular weight is 723 g/mol. The topological polar surface area (TPSA) is 228 Å². The van der Waals surface area contributed by atoms with Gasteiger partial charge in [-0.2, -0.15) is 5.26 Å². The normalized spacial score (nSPS) is 22.8. The number of likely N-dealkylation sites (tertiary alicyclic amines) is 1. The van der Waals surface area contributed by atoms with Gasteiger partial charge in [-0.3, -0.25) is 4.90 Å². The summed E-state index contributed by atoms with van der Waals surface area (Å²) in [5.41, 5.74) is 2.29. The van der Waals surface area contributed by atoms with Crippen LogP contribution in [0.3, 0.4) is 0 Å². The minimum Gasteiger partial charge on any atom is -0.484 e. The van der Waals surface area contributed by atoms with Crippen LogP contribution in [0, 0.1) is 11.3 Å². The maximum absolute atomic E-state index is 13.3. The number of piperazine rings is 1. The number of benzene rings is 2. The lowest BCUT2D eigenvalue weighted by atomic mass is 10.0. The molecule has 2 aliphatic heterocycles. The minimum atomic E-state index is -3.92. The standard InChI is InChI=1S/C32H43ClN6O9S/c33-20-13-19(16-34)24-15-27(38-11-7-35-8-12-38)31(25(24)14-20)48-22-1-3-23(4-2-22)49(46,47)37-21-5-9-39(10-6-21)32(45)36-26(17-40)29(43)30(44)28(42)18-41/h1-4,13-14,21,26-31,35,37,40-44H,5-12,15,17-18H2,(H,36,45)/t26?,27-,28?,29?,30?,31-/m0/s1. The fourth-order valence-electron chi connectivity index (χ4n) is 6.63. The summed E-state index contributed by atoms with van der Waals surface area (Å²) in [6, 6.07) is 9.48. The van der Waals surface area contributed by atoms with Crippen molar-refractivity contribution in [1.29, 1.82) is 5.26 Å². The SMILES string of the molecule is N#Cc1cc(Cl)cc2c1C[C@H](N1CCNCC1)[C@H]2Oc1ccc(S(=O)(=O)NC2CCN(C(=O)NC(CO)C(O)C(O)C(O)CO)CC2)cc1. The fraction of sp³-hybridized carbons (Fsp3) is 0.562. The van der Waals surface area contributed by atoms with Crippen molar-refractivity contribution in [2.75, 3.05) is 52.5 Å². The molecule has 8 N–H and O–H groups in total. The highest BCUT2D eigenvalue weighted by atomic mass is 35.5. The van der Waals surface area contributed by atoms with E-state index in [0.717, 1.165) is 37.3 Å². The Morgan fingerprint density at radius 2 is 1.71 bits per heavy atom. The van der Waals surface area contributed by atoms with Crippen LogP contribution >= 0.6 is 11.6 Å². The van der Waals surface area contributed by atoms with E-state index in [4.69, 9.17) is 21.4 Å². The molecule has 2 saturated heterocycles. The Bertz CT molecular complexity index is 1600.